The molecule has 2 amide bonds. The van der Waals surface area contributed by atoms with Crippen molar-refractivity contribution in [2.45, 2.75) is 6.18 Å². The molecule has 1 N–H and O–H groups in total. The van der Waals surface area contributed by atoms with Crippen LogP contribution in [0.25, 0.3) is 0 Å². The van der Waals surface area contributed by atoms with Crippen molar-refractivity contribution in [3.8, 4) is 0 Å². The Morgan fingerprint density at radius 1 is 0.970 bits per heavy atom. The van der Waals surface area contributed by atoms with Crippen LogP contribution in [0.2, 0.25) is 5.02 Å². The third-order valence-electron chi connectivity index (χ3n) is 5.31. The number of carbonyl (C=O) groups is 2. The van der Waals surface area contributed by atoms with Gasteiger partial charge in [-0.1, -0.05) is 23.7 Å². The van der Waals surface area contributed by atoms with Gasteiger partial charge in [-0.25, -0.2) is 0 Å². The lowest BCUT2D eigenvalue weighted by molar-refractivity contribution is -0.137. The molecule has 5 nitrogen and oxygen atoms in total. The predicted octanol–water partition coefficient (Wildman–Crippen LogP) is 5.64. The van der Waals surface area contributed by atoms with Crippen molar-refractivity contribution in [3.05, 3.63) is 81.0 Å². The average molecular weight is 494 g/mol. The van der Waals surface area contributed by atoms with E-state index in [-0.39, 0.29) is 11.8 Å². The first-order valence-electron chi connectivity index (χ1n) is 10.1. The van der Waals surface area contributed by atoms with Gasteiger partial charge in [0.15, 0.2) is 0 Å². The summed E-state index contributed by atoms with van der Waals surface area (Å²) >= 11 is 7.49. The van der Waals surface area contributed by atoms with Gasteiger partial charge in [0.2, 0.25) is 0 Å². The van der Waals surface area contributed by atoms with Crippen LogP contribution in [0.1, 0.15) is 25.6 Å². The Bertz CT molecular complexity index is 1160. The second-order valence-corrected chi connectivity index (χ2v) is 8.81. The lowest BCUT2D eigenvalue weighted by atomic mass is 10.1. The lowest BCUT2D eigenvalue weighted by Gasteiger charge is -2.36. The van der Waals surface area contributed by atoms with Crippen molar-refractivity contribution in [3.63, 3.8) is 0 Å². The van der Waals surface area contributed by atoms with Gasteiger partial charge in [0.25, 0.3) is 11.8 Å². The Morgan fingerprint density at radius 3 is 2.39 bits per heavy atom. The number of thiophene rings is 1. The summed E-state index contributed by atoms with van der Waals surface area (Å²) in [6.07, 6.45) is -4.40. The van der Waals surface area contributed by atoms with E-state index in [4.69, 9.17) is 11.6 Å². The standard InChI is InChI=1S/C23H19ClF3N3O2S/c24-18-7-6-15(13-19(18)28-21(31)20-5-2-12-33-20)22(32)30-10-8-29(9-11-30)17-4-1-3-16(14-17)23(25,26)27/h1-7,12-14H,8-11H2,(H,28,31). The molecule has 3 aromatic rings. The zero-order valence-electron chi connectivity index (χ0n) is 17.2. The number of hydrogen-bond acceptors (Lipinski definition) is 4. The maximum atomic E-state index is 13.0. The van der Waals surface area contributed by atoms with Gasteiger partial charge < -0.3 is 15.1 Å². The summed E-state index contributed by atoms with van der Waals surface area (Å²) in [5.41, 5.74) is 0.482. The zero-order valence-corrected chi connectivity index (χ0v) is 18.8. The van der Waals surface area contributed by atoms with Gasteiger partial charge >= 0.3 is 6.18 Å². The molecule has 1 aromatic heterocycles. The number of anilines is 2. The highest BCUT2D eigenvalue weighted by atomic mass is 35.5. The molecule has 33 heavy (non-hydrogen) atoms. The molecule has 0 atom stereocenters. The van der Waals surface area contributed by atoms with Crippen molar-refractivity contribution in [1.29, 1.82) is 0 Å². The molecule has 1 aliphatic rings. The van der Waals surface area contributed by atoms with Gasteiger partial charge in [-0.15, -0.1) is 11.3 Å². The van der Waals surface area contributed by atoms with Crippen molar-refractivity contribution >= 4 is 46.1 Å². The van der Waals surface area contributed by atoms with E-state index in [1.807, 2.05) is 4.90 Å². The molecular formula is C23H19ClF3N3O2S. The summed E-state index contributed by atoms with van der Waals surface area (Å²) in [5.74, 6) is -0.548. The predicted molar refractivity (Wildman–Crippen MR) is 123 cm³/mol. The molecule has 0 saturated carbocycles. The number of halogens is 4. The fraction of sp³-hybridized carbons (Fsp3) is 0.217. The number of carbonyl (C=O) groups excluding carboxylic acids is 2. The summed E-state index contributed by atoms with van der Waals surface area (Å²) in [5, 5.41) is 4.82. The number of rotatable bonds is 4. The van der Waals surface area contributed by atoms with E-state index in [0.29, 0.717) is 53.0 Å². The summed E-state index contributed by atoms with van der Waals surface area (Å²) in [6.45, 7) is 1.52. The number of nitrogens with one attached hydrogen (secondary N) is 1. The Morgan fingerprint density at radius 2 is 1.73 bits per heavy atom. The Kier molecular flexibility index (Phi) is 6.62. The molecule has 1 fully saturated rings. The minimum Gasteiger partial charge on any atom is -0.368 e. The molecule has 2 aromatic carbocycles. The van der Waals surface area contributed by atoms with E-state index in [9.17, 15) is 22.8 Å². The first-order chi connectivity index (χ1) is 15.7. The van der Waals surface area contributed by atoms with E-state index in [2.05, 4.69) is 5.32 Å². The molecule has 10 heteroatoms. The van der Waals surface area contributed by atoms with Gasteiger partial charge in [0.05, 0.1) is 21.2 Å². The molecule has 0 unspecified atom stereocenters. The molecule has 1 aliphatic heterocycles. The molecule has 0 aliphatic carbocycles. The van der Waals surface area contributed by atoms with Crippen molar-refractivity contribution in [1.82, 2.24) is 4.90 Å². The van der Waals surface area contributed by atoms with Crippen molar-refractivity contribution < 1.29 is 22.8 Å². The molecule has 2 heterocycles. The normalized spacial score (nSPS) is 14.3. The highest BCUT2D eigenvalue weighted by Crippen LogP contribution is 2.32. The van der Waals surface area contributed by atoms with Crippen LogP contribution in [0.5, 0.6) is 0 Å². The van der Waals surface area contributed by atoms with Crippen molar-refractivity contribution in [2.75, 3.05) is 36.4 Å². The first-order valence-corrected chi connectivity index (χ1v) is 11.3. The van der Waals surface area contributed by atoms with Crippen LogP contribution in [0.4, 0.5) is 24.5 Å². The first kappa shape index (κ1) is 23.1. The van der Waals surface area contributed by atoms with Crippen LogP contribution >= 0.6 is 22.9 Å². The molecule has 4 rings (SSSR count). The number of nitrogens with zero attached hydrogens (tertiary/aromatic N) is 2. The number of alkyl halides is 3. The minimum atomic E-state index is -4.40. The molecule has 1 saturated heterocycles. The number of piperazine rings is 1. The van der Waals surface area contributed by atoms with Crippen LogP contribution in [-0.4, -0.2) is 42.9 Å². The Labute approximate surface area is 197 Å². The highest BCUT2D eigenvalue weighted by molar-refractivity contribution is 7.12. The summed E-state index contributed by atoms with van der Waals surface area (Å²) in [7, 11) is 0. The summed E-state index contributed by atoms with van der Waals surface area (Å²) in [6, 6.07) is 13.3. The maximum Gasteiger partial charge on any atom is 0.416 e. The second kappa shape index (κ2) is 9.44. The largest absolute Gasteiger partial charge is 0.416 e. The van der Waals surface area contributed by atoms with E-state index in [1.165, 1.54) is 23.5 Å². The lowest BCUT2D eigenvalue weighted by Crippen LogP contribution is -2.48. The van der Waals surface area contributed by atoms with Crippen LogP contribution < -0.4 is 10.2 Å². The van der Waals surface area contributed by atoms with E-state index in [0.717, 1.165) is 12.1 Å². The molecule has 0 spiro atoms. The Balaban J connectivity index is 1.42. The van der Waals surface area contributed by atoms with Gasteiger partial charge in [0.1, 0.15) is 0 Å². The fourth-order valence-electron chi connectivity index (χ4n) is 3.58. The highest BCUT2D eigenvalue weighted by Gasteiger charge is 2.31. The fourth-order valence-corrected chi connectivity index (χ4v) is 4.36. The van der Waals surface area contributed by atoms with Crippen LogP contribution in [-0.2, 0) is 6.18 Å². The van der Waals surface area contributed by atoms with Gasteiger partial charge in [-0.2, -0.15) is 13.2 Å². The van der Waals surface area contributed by atoms with Gasteiger partial charge in [0, 0.05) is 37.4 Å². The monoisotopic (exact) mass is 493 g/mol. The number of amides is 2. The molecule has 0 radical (unpaired) electrons. The SMILES string of the molecule is O=C(Nc1cc(C(=O)N2CCN(c3cccc(C(F)(F)F)c3)CC2)ccc1Cl)c1cccs1. The topological polar surface area (TPSA) is 52.7 Å². The summed E-state index contributed by atoms with van der Waals surface area (Å²) in [4.78, 5) is 29.3. The van der Waals surface area contributed by atoms with E-state index >= 15 is 0 Å². The summed E-state index contributed by atoms with van der Waals surface area (Å²) < 4.78 is 39.0. The quantitative estimate of drug-likeness (QED) is 0.512. The van der Waals surface area contributed by atoms with Gasteiger partial charge in [-0.05, 0) is 47.8 Å². The van der Waals surface area contributed by atoms with E-state index in [1.54, 1.807) is 40.6 Å². The molecule has 172 valence electrons. The van der Waals surface area contributed by atoms with Crippen LogP contribution in [0.3, 0.4) is 0 Å². The van der Waals surface area contributed by atoms with Crippen molar-refractivity contribution in [2.24, 2.45) is 0 Å². The maximum absolute atomic E-state index is 13.0. The minimum absolute atomic E-state index is 0.234. The second-order valence-electron chi connectivity index (χ2n) is 7.45. The van der Waals surface area contributed by atoms with E-state index < -0.39 is 11.7 Å². The average Bonchev–Trinajstić information content (AvgIpc) is 3.35. The number of hydrogen-bond donors (Lipinski definition) is 1. The smallest absolute Gasteiger partial charge is 0.368 e. The zero-order chi connectivity index (χ0) is 23.6. The van der Waals surface area contributed by atoms with Crippen LogP contribution in [0.15, 0.2) is 60.0 Å². The number of benzene rings is 2. The third-order valence-corrected chi connectivity index (χ3v) is 6.51. The Hall–Kier alpha value is -3.04. The molecular weight excluding hydrogens is 475 g/mol. The third kappa shape index (κ3) is 5.31. The van der Waals surface area contributed by atoms with Gasteiger partial charge in [-0.3, -0.25) is 9.59 Å². The molecule has 0 bridgehead atoms. The van der Waals surface area contributed by atoms with Crippen LogP contribution in [0, 0.1) is 0 Å².